The lowest BCUT2D eigenvalue weighted by atomic mass is 9.82. The zero-order chi connectivity index (χ0) is 31.0. The third kappa shape index (κ3) is 4.14. The molecule has 2 aromatic rings. The van der Waals surface area contributed by atoms with E-state index in [4.69, 9.17) is 14.2 Å². The summed E-state index contributed by atoms with van der Waals surface area (Å²) in [7, 11) is 0. The van der Waals surface area contributed by atoms with E-state index in [0.717, 1.165) is 17.0 Å². The van der Waals surface area contributed by atoms with Crippen molar-refractivity contribution in [1.29, 1.82) is 0 Å². The van der Waals surface area contributed by atoms with Crippen LogP contribution in [0.2, 0.25) is 0 Å². The van der Waals surface area contributed by atoms with Gasteiger partial charge in [0.15, 0.2) is 22.9 Å². The monoisotopic (exact) mass is 583 g/mol. The van der Waals surface area contributed by atoms with Gasteiger partial charge in [0.2, 0.25) is 6.29 Å². The van der Waals surface area contributed by atoms with Crippen LogP contribution in [0.15, 0.2) is 75.9 Å². The van der Waals surface area contributed by atoms with Gasteiger partial charge in [-0.2, -0.15) is 0 Å². The summed E-state index contributed by atoms with van der Waals surface area (Å²) in [5.41, 5.74) is 0.810. The van der Waals surface area contributed by atoms with E-state index in [9.17, 15) is 24.6 Å². The highest BCUT2D eigenvalue weighted by Gasteiger charge is 2.63. The third-order valence-corrected chi connectivity index (χ3v) is 8.88. The van der Waals surface area contributed by atoms with Crippen molar-refractivity contribution in [2.45, 2.75) is 71.4 Å². The highest BCUT2D eigenvalue weighted by Crippen LogP contribution is 2.46. The van der Waals surface area contributed by atoms with Crippen LogP contribution in [0.5, 0.6) is 5.75 Å². The van der Waals surface area contributed by atoms with Crippen molar-refractivity contribution in [1.82, 2.24) is 4.90 Å². The minimum absolute atomic E-state index is 0.0708. The van der Waals surface area contributed by atoms with Crippen molar-refractivity contribution in [3.05, 3.63) is 108 Å². The molecule has 3 aliphatic heterocycles. The molecule has 4 aliphatic rings. The largest absolute Gasteiger partial charge is 0.460 e. The molecule has 0 aromatic heterocycles. The Bertz CT molecular complexity index is 1860. The normalized spacial score (nSPS) is 27.7. The zero-order valence-corrected chi connectivity index (χ0v) is 24.6. The highest BCUT2D eigenvalue weighted by molar-refractivity contribution is 6.23. The lowest BCUT2D eigenvalue weighted by molar-refractivity contribution is -0.309. The van der Waals surface area contributed by atoms with Crippen molar-refractivity contribution >= 4 is 23.9 Å². The van der Waals surface area contributed by atoms with Crippen LogP contribution in [0.4, 0.5) is 0 Å². The predicted octanol–water partition coefficient (Wildman–Crippen LogP) is 2.06. The van der Waals surface area contributed by atoms with Gasteiger partial charge in [-0.25, -0.2) is 4.79 Å². The number of benzene rings is 1. The van der Waals surface area contributed by atoms with Gasteiger partial charge in [-0.3, -0.25) is 9.59 Å². The molecule has 0 spiro atoms. The maximum absolute atomic E-state index is 13.9. The molecule has 0 unspecified atom stereocenters. The molecular weight excluding hydrogens is 550 g/mol. The average molecular weight is 584 g/mol. The Morgan fingerprint density at radius 3 is 2.58 bits per heavy atom. The van der Waals surface area contributed by atoms with Crippen LogP contribution < -0.4 is 20.6 Å². The lowest BCUT2D eigenvalue weighted by Crippen LogP contribution is -2.64. The number of rotatable bonds is 4. The fraction of sp³-hybridized carbons (Fsp3) is 0.324. The smallest absolute Gasteiger partial charge is 0.333 e. The minimum Gasteiger partial charge on any atom is -0.460 e. The van der Waals surface area contributed by atoms with Crippen LogP contribution in [-0.4, -0.2) is 51.5 Å². The number of Topliss-reactive ketones (excluding diaryl/α,β-unsaturated/α-hetero) is 1. The number of aliphatic hydroxyl groups is 2. The SMILES string of the molecule is C=c1c2c(c(=O)cc3c1=C1C=C(C)N(Cc4ccccc4)C(C)=C1C3=O)[C@]1(O)[C@H](O2)O[C@H](C)[C@H](OC(=O)/C(C)=C\C)[C@H]1O. The Kier molecular flexibility index (Phi) is 6.80. The van der Waals surface area contributed by atoms with Gasteiger partial charge in [0.1, 0.15) is 11.9 Å². The second-order valence-electron chi connectivity index (χ2n) is 11.4. The third-order valence-electron chi connectivity index (χ3n) is 8.88. The molecular formula is C34H33NO8. The van der Waals surface area contributed by atoms with Crippen LogP contribution in [0.1, 0.15) is 56.1 Å². The first-order valence-electron chi connectivity index (χ1n) is 14.2. The number of nitrogens with zero attached hydrogens (tertiary/aromatic N) is 1. The quantitative estimate of drug-likeness (QED) is 0.411. The molecule has 9 heteroatoms. The number of hydrogen-bond donors (Lipinski definition) is 2. The maximum atomic E-state index is 13.9. The van der Waals surface area contributed by atoms with Gasteiger partial charge >= 0.3 is 5.97 Å². The Hall–Kier alpha value is -4.31. The Morgan fingerprint density at radius 2 is 1.91 bits per heavy atom. The molecule has 0 radical (unpaired) electrons. The number of aliphatic hydroxyl groups excluding tert-OH is 1. The zero-order valence-electron chi connectivity index (χ0n) is 24.6. The molecule has 2 aromatic carbocycles. The summed E-state index contributed by atoms with van der Waals surface area (Å²) in [5, 5.41) is 24.0. The van der Waals surface area contributed by atoms with E-state index in [-0.39, 0.29) is 27.9 Å². The number of fused-ring (bicyclic) bond motifs is 5. The summed E-state index contributed by atoms with van der Waals surface area (Å²) in [4.78, 5) is 42.3. The Morgan fingerprint density at radius 1 is 1.21 bits per heavy atom. The van der Waals surface area contributed by atoms with Crippen molar-refractivity contribution in [2.75, 3.05) is 0 Å². The number of carbonyl (C=O) groups excluding carboxylic acids is 2. The van der Waals surface area contributed by atoms with Crippen LogP contribution in [0.25, 0.3) is 12.2 Å². The van der Waals surface area contributed by atoms with Gasteiger partial charge in [0.25, 0.3) is 0 Å². The first-order valence-corrected chi connectivity index (χ1v) is 14.2. The van der Waals surface area contributed by atoms with Crippen LogP contribution >= 0.6 is 0 Å². The van der Waals surface area contributed by atoms with E-state index in [1.807, 2.05) is 50.3 Å². The van der Waals surface area contributed by atoms with E-state index in [1.54, 1.807) is 26.8 Å². The molecule has 6 rings (SSSR count). The molecule has 9 nitrogen and oxygen atoms in total. The first-order chi connectivity index (χ1) is 20.4. The van der Waals surface area contributed by atoms with Crippen molar-refractivity contribution in [2.24, 2.45) is 0 Å². The Labute approximate surface area is 248 Å². The number of allylic oxidation sites excluding steroid dienone is 5. The summed E-state index contributed by atoms with van der Waals surface area (Å²) in [6, 6.07) is 11.1. The van der Waals surface area contributed by atoms with E-state index < -0.39 is 41.6 Å². The number of carbonyl (C=O) groups is 2. The average Bonchev–Trinajstić information content (AvgIpc) is 3.39. The summed E-state index contributed by atoms with van der Waals surface area (Å²) in [6.07, 6.45) is -1.98. The summed E-state index contributed by atoms with van der Waals surface area (Å²) in [5.74, 6) is -1.11. The van der Waals surface area contributed by atoms with E-state index >= 15 is 0 Å². The van der Waals surface area contributed by atoms with Crippen molar-refractivity contribution in [3.63, 3.8) is 0 Å². The summed E-state index contributed by atoms with van der Waals surface area (Å²) in [6.45, 7) is 13.4. The summed E-state index contributed by atoms with van der Waals surface area (Å²) < 4.78 is 17.4. The number of hydrogen-bond acceptors (Lipinski definition) is 9. The molecule has 222 valence electrons. The van der Waals surface area contributed by atoms with Gasteiger partial charge in [0.05, 0.1) is 11.7 Å². The molecule has 43 heavy (non-hydrogen) atoms. The molecule has 0 saturated carbocycles. The fourth-order valence-corrected chi connectivity index (χ4v) is 6.40. The van der Waals surface area contributed by atoms with Crippen molar-refractivity contribution < 1.29 is 34.0 Å². The van der Waals surface area contributed by atoms with E-state index in [0.29, 0.717) is 28.5 Å². The first kappa shape index (κ1) is 28.8. The second kappa shape index (κ2) is 10.2. The topological polar surface area (TPSA) is 123 Å². The number of esters is 1. The van der Waals surface area contributed by atoms with Crippen molar-refractivity contribution in [3.8, 4) is 5.75 Å². The predicted molar refractivity (Wildman–Crippen MR) is 158 cm³/mol. The second-order valence-corrected chi connectivity index (χ2v) is 11.4. The molecule has 0 amide bonds. The summed E-state index contributed by atoms with van der Waals surface area (Å²) >= 11 is 0. The molecule has 1 aliphatic carbocycles. The minimum atomic E-state index is -2.39. The molecule has 1 saturated heterocycles. The molecule has 1 fully saturated rings. The number of ketones is 1. The molecule has 3 heterocycles. The van der Waals surface area contributed by atoms with Gasteiger partial charge in [-0.05, 0) is 57.9 Å². The van der Waals surface area contributed by atoms with Gasteiger partial charge < -0.3 is 29.3 Å². The highest BCUT2D eigenvalue weighted by atomic mass is 16.7. The standard InChI is InChI=1S/C34H33NO8/c1-7-16(2)32(39)42-30-20(6)41-33-34(40,31(30)38)27-24(36)14-23-25(18(4)29(27)43-33)22-13-17(3)35(19(5)26(22)28(23)37)15-21-11-9-8-10-12-21/h7-14,20,30-31,33,38,40H,4,15H2,1-3,5-6H3/b16-7-/t20-,30+,31-,33+,34-/m1/s1. The van der Waals surface area contributed by atoms with Gasteiger partial charge in [-0.15, -0.1) is 0 Å². The van der Waals surface area contributed by atoms with E-state index in [1.165, 1.54) is 6.07 Å². The van der Waals surface area contributed by atoms with E-state index in [2.05, 4.69) is 11.5 Å². The maximum Gasteiger partial charge on any atom is 0.333 e. The fourth-order valence-electron chi connectivity index (χ4n) is 6.40. The van der Waals surface area contributed by atoms with Gasteiger partial charge in [-0.1, -0.05) is 43.0 Å². The Balaban J connectivity index is 1.50. The lowest BCUT2D eigenvalue weighted by Gasteiger charge is -2.44. The van der Waals surface area contributed by atoms with Gasteiger partial charge in [0, 0.05) is 45.1 Å². The number of ether oxygens (including phenoxy) is 3. The molecule has 2 N–H and O–H groups in total. The van der Waals surface area contributed by atoms with Crippen LogP contribution in [0, 0.1) is 0 Å². The van der Waals surface area contributed by atoms with Crippen LogP contribution in [0.3, 0.4) is 0 Å². The molecule has 0 bridgehead atoms. The van der Waals surface area contributed by atoms with Crippen LogP contribution in [-0.2, 0) is 26.4 Å². The molecule has 5 atom stereocenters.